The molecule has 0 atom stereocenters. The van der Waals surface area contributed by atoms with Gasteiger partial charge in [-0.2, -0.15) is 5.10 Å². The standard InChI is InChI=1S/C16H18IN5O/c17-14-10-22(4-3-21-5-7-23-8-6-21)15-2-1-12(9-13(14)15)16-18-11-19-20-16/h1-2,9-11H,3-8H2,(H,18,19,20). The molecule has 1 saturated heterocycles. The molecule has 3 aromatic rings. The minimum atomic E-state index is 0.809. The molecule has 1 N–H and O–H groups in total. The van der Waals surface area contributed by atoms with Crippen molar-refractivity contribution in [3.63, 3.8) is 0 Å². The molecule has 0 radical (unpaired) electrons. The molecule has 0 saturated carbocycles. The van der Waals surface area contributed by atoms with E-state index in [-0.39, 0.29) is 0 Å². The van der Waals surface area contributed by atoms with Crippen molar-refractivity contribution in [3.05, 3.63) is 34.3 Å². The van der Waals surface area contributed by atoms with Gasteiger partial charge in [0.05, 0.1) is 13.2 Å². The second-order valence-electron chi connectivity index (χ2n) is 5.69. The van der Waals surface area contributed by atoms with Gasteiger partial charge in [0, 0.05) is 52.4 Å². The van der Waals surface area contributed by atoms with Crippen molar-refractivity contribution in [2.75, 3.05) is 32.8 Å². The third kappa shape index (κ3) is 3.13. The third-order valence-corrected chi connectivity index (χ3v) is 5.14. The summed E-state index contributed by atoms with van der Waals surface area (Å²) in [4.78, 5) is 6.70. The fourth-order valence-electron chi connectivity index (χ4n) is 3.00. The average Bonchev–Trinajstić information content (AvgIpc) is 3.22. The van der Waals surface area contributed by atoms with E-state index in [1.165, 1.54) is 20.8 Å². The van der Waals surface area contributed by atoms with Crippen LogP contribution in [-0.2, 0) is 11.3 Å². The van der Waals surface area contributed by atoms with Crippen LogP contribution in [0.1, 0.15) is 0 Å². The molecule has 1 aliphatic heterocycles. The number of halogens is 1. The van der Waals surface area contributed by atoms with E-state index in [2.05, 4.69) is 71.6 Å². The number of aromatic amines is 1. The monoisotopic (exact) mass is 423 g/mol. The molecule has 1 aromatic carbocycles. The highest BCUT2D eigenvalue weighted by Gasteiger charge is 2.13. The molecule has 0 amide bonds. The van der Waals surface area contributed by atoms with Crippen LogP contribution >= 0.6 is 22.6 Å². The maximum atomic E-state index is 5.41. The maximum absolute atomic E-state index is 5.41. The van der Waals surface area contributed by atoms with Gasteiger partial charge in [0.2, 0.25) is 0 Å². The minimum Gasteiger partial charge on any atom is -0.379 e. The predicted octanol–water partition coefficient (Wildman–Crippen LogP) is 2.36. The Bertz CT molecular complexity index is 792. The molecule has 23 heavy (non-hydrogen) atoms. The van der Waals surface area contributed by atoms with Gasteiger partial charge in [-0.05, 0) is 40.8 Å². The van der Waals surface area contributed by atoms with Gasteiger partial charge in [0.1, 0.15) is 6.33 Å². The summed E-state index contributed by atoms with van der Waals surface area (Å²) in [6, 6.07) is 6.46. The van der Waals surface area contributed by atoms with Crippen LogP contribution in [0.15, 0.2) is 30.7 Å². The van der Waals surface area contributed by atoms with E-state index >= 15 is 0 Å². The Morgan fingerprint density at radius 3 is 2.87 bits per heavy atom. The normalized spacial score (nSPS) is 16.2. The fraction of sp³-hybridized carbons (Fsp3) is 0.375. The summed E-state index contributed by atoms with van der Waals surface area (Å²) in [6.07, 6.45) is 3.77. The number of fused-ring (bicyclic) bond motifs is 1. The Hall–Kier alpha value is -1.45. The van der Waals surface area contributed by atoms with E-state index in [0.717, 1.165) is 50.8 Å². The van der Waals surface area contributed by atoms with Gasteiger partial charge in [-0.15, -0.1) is 0 Å². The van der Waals surface area contributed by atoms with E-state index in [1.807, 2.05) is 0 Å². The Balaban J connectivity index is 1.58. The van der Waals surface area contributed by atoms with Crippen molar-refractivity contribution < 1.29 is 4.74 Å². The summed E-state index contributed by atoms with van der Waals surface area (Å²) >= 11 is 2.41. The molecular weight excluding hydrogens is 405 g/mol. The first kappa shape index (κ1) is 15.1. The van der Waals surface area contributed by atoms with Crippen LogP contribution in [0.3, 0.4) is 0 Å². The van der Waals surface area contributed by atoms with Gasteiger partial charge in [-0.3, -0.25) is 10.00 Å². The number of nitrogens with zero attached hydrogens (tertiary/aromatic N) is 4. The number of morpholine rings is 1. The second kappa shape index (κ2) is 6.58. The Morgan fingerprint density at radius 1 is 1.22 bits per heavy atom. The van der Waals surface area contributed by atoms with Gasteiger partial charge in [0.15, 0.2) is 5.82 Å². The maximum Gasteiger partial charge on any atom is 0.155 e. The number of nitrogens with one attached hydrogen (secondary N) is 1. The molecule has 7 heteroatoms. The molecule has 1 aliphatic rings. The predicted molar refractivity (Wildman–Crippen MR) is 97.3 cm³/mol. The van der Waals surface area contributed by atoms with Crippen LogP contribution in [0, 0.1) is 3.57 Å². The quantitative estimate of drug-likeness (QED) is 0.655. The van der Waals surface area contributed by atoms with Crippen LogP contribution in [0.5, 0.6) is 0 Å². The molecule has 0 bridgehead atoms. The molecule has 2 aromatic heterocycles. The largest absolute Gasteiger partial charge is 0.379 e. The number of hydrogen-bond acceptors (Lipinski definition) is 4. The number of rotatable bonds is 4. The van der Waals surface area contributed by atoms with Crippen molar-refractivity contribution in [3.8, 4) is 11.4 Å². The average molecular weight is 423 g/mol. The highest BCUT2D eigenvalue weighted by atomic mass is 127. The lowest BCUT2D eigenvalue weighted by molar-refractivity contribution is 0.0365. The molecule has 6 nitrogen and oxygen atoms in total. The van der Waals surface area contributed by atoms with E-state index in [9.17, 15) is 0 Å². The third-order valence-electron chi connectivity index (χ3n) is 4.28. The summed E-state index contributed by atoms with van der Waals surface area (Å²) in [5, 5.41) is 8.12. The smallest absolute Gasteiger partial charge is 0.155 e. The summed E-state index contributed by atoms with van der Waals surface area (Å²) in [7, 11) is 0. The highest BCUT2D eigenvalue weighted by Crippen LogP contribution is 2.27. The van der Waals surface area contributed by atoms with Crippen LogP contribution in [-0.4, -0.2) is 57.5 Å². The van der Waals surface area contributed by atoms with E-state index in [4.69, 9.17) is 4.74 Å². The molecule has 0 unspecified atom stereocenters. The summed E-state index contributed by atoms with van der Waals surface area (Å²) in [5.41, 5.74) is 2.34. The zero-order valence-electron chi connectivity index (χ0n) is 12.7. The van der Waals surface area contributed by atoms with Crippen LogP contribution < -0.4 is 0 Å². The summed E-state index contributed by atoms with van der Waals surface area (Å²) < 4.78 is 9.02. The Labute approximate surface area is 148 Å². The number of benzene rings is 1. The lowest BCUT2D eigenvalue weighted by Gasteiger charge is -2.26. The lowest BCUT2D eigenvalue weighted by atomic mass is 10.1. The van der Waals surface area contributed by atoms with Crippen molar-refractivity contribution in [1.29, 1.82) is 0 Å². The number of hydrogen-bond donors (Lipinski definition) is 1. The van der Waals surface area contributed by atoms with Crippen LogP contribution in [0.25, 0.3) is 22.3 Å². The first-order valence-electron chi connectivity index (χ1n) is 7.75. The first-order valence-corrected chi connectivity index (χ1v) is 8.83. The fourth-order valence-corrected chi connectivity index (χ4v) is 3.77. The van der Waals surface area contributed by atoms with Crippen molar-refractivity contribution >= 4 is 33.5 Å². The van der Waals surface area contributed by atoms with Gasteiger partial charge in [0.25, 0.3) is 0 Å². The Morgan fingerprint density at radius 2 is 2.09 bits per heavy atom. The highest BCUT2D eigenvalue weighted by molar-refractivity contribution is 14.1. The summed E-state index contributed by atoms with van der Waals surface area (Å²) in [6.45, 7) is 5.83. The van der Waals surface area contributed by atoms with Crippen molar-refractivity contribution in [2.24, 2.45) is 0 Å². The number of H-pyrrole nitrogens is 1. The van der Waals surface area contributed by atoms with Crippen molar-refractivity contribution in [2.45, 2.75) is 6.54 Å². The molecule has 0 aliphatic carbocycles. The second-order valence-corrected chi connectivity index (χ2v) is 6.85. The topological polar surface area (TPSA) is 59.0 Å². The molecule has 4 rings (SSSR count). The Kier molecular flexibility index (Phi) is 4.32. The van der Waals surface area contributed by atoms with Crippen LogP contribution in [0.4, 0.5) is 0 Å². The molecule has 120 valence electrons. The molecule has 3 heterocycles. The molecule has 1 fully saturated rings. The molecular formula is C16H18IN5O. The number of aromatic nitrogens is 4. The molecule has 0 spiro atoms. The van der Waals surface area contributed by atoms with Crippen molar-refractivity contribution in [1.82, 2.24) is 24.6 Å². The first-order chi connectivity index (χ1) is 11.3. The lowest BCUT2D eigenvalue weighted by Crippen LogP contribution is -2.38. The zero-order valence-corrected chi connectivity index (χ0v) is 14.9. The van der Waals surface area contributed by atoms with Gasteiger partial charge >= 0.3 is 0 Å². The SMILES string of the molecule is Ic1cn(CCN2CCOCC2)c2ccc(-c3ncn[nH]3)cc12. The van der Waals surface area contributed by atoms with Gasteiger partial charge in [-0.25, -0.2) is 4.98 Å². The summed E-state index contributed by atoms with van der Waals surface area (Å²) in [5.74, 6) is 0.809. The van der Waals surface area contributed by atoms with Crippen LogP contribution in [0.2, 0.25) is 0 Å². The van der Waals surface area contributed by atoms with E-state index in [0.29, 0.717) is 0 Å². The zero-order chi connectivity index (χ0) is 15.6. The minimum absolute atomic E-state index is 0.809. The van der Waals surface area contributed by atoms with E-state index in [1.54, 1.807) is 0 Å². The van der Waals surface area contributed by atoms with Gasteiger partial charge < -0.3 is 9.30 Å². The van der Waals surface area contributed by atoms with Gasteiger partial charge in [-0.1, -0.05) is 0 Å². The van der Waals surface area contributed by atoms with E-state index < -0.39 is 0 Å². The number of ether oxygens (including phenoxy) is 1.